The van der Waals surface area contributed by atoms with Crippen molar-refractivity contribution >= 4 is 11.8 Å². The molecule has 2 saturated heterocycles. The van der Waals surface area contributed by atoms with Gasteiger partial charge in [0.15, 0.2) is 6.29 Å². The normalized spacial score (nSPS) is 51.8. The fraction of sp³-hybridized carbons (Fsp3) is 0.943. The first kappa shape index (κ1) is 29.2. The van der Waals surface area contributed by atoms with Gasteiger partial charge >= 0.3 is 0 Å². The quantitative estimate of drug-likeness (QED) is 0.475. The van der Waals surface area contributed by atoms with Crippen LogP contribution in [0, 0.1) is 52.3 Å². The van der Waals surface area contributed by atoms with Gasteiger partial charge in [0.2, 0.25) is 11.8 Å². The van der Waals surface area contributed by atoms with Gasteiger partial charge in [0.1, 0.15) is 0 Å². The van der Waals surface area contributed by atoms with Gasteiger partial charge in [0.25, 0.3) is 0 Å². The molecule has 3 N–H and O–H groups in total. The zero-order valence-corrected chi connectivity index (χ0v) is 26.7. The minimum absolute atomic E-state index is 0.0294. The summed E-state index contributed by atoms with van der Waals surface area (Å²) >= 11 is 0. The summed E-state index contributed by atoms with van der Waals surface area (Å²) in [4.78, 5) is 26.9. The number of amides is 2. The Kier molecular flexibility index (Phi) is 7.06. The van der Waals surface area contributed by atoms with E-state index in [-0.39, 0.29) is 35.9 Å². The molecule has 13 atom stereocenters. The zero-order valence-electron chi connectivity index (χ0n) is 26.7. The minimum Gasteiger partial charge on any atom is -0.374 e. The Morgan fingerprint density at radius 3 is 2.60 bits per heavy atom. The molecular formula is C35H55N3O5. The van der Waals surface area contributed by atoms with Crippen molar-refractivity contribution in [2.24, 2.45) is 58.0 Å². The molecule has 8 aliphatic rings. The number of rotatable bonds is 6. The van der Waals surface area contributed by atoms with E-state index in [1.807, 2.05) is 4.90 Å². The van der Waals surface area contributed by atoms with Crippen molar-refractivity contribution in [2.75, 3.05) is 26.7 Å². The fourth-order valence-corrected chi connectivity index (χ4v) is 12.5. The Balaban J connectivity index is 0.947. The van der Waals surface area contributed by atoms with E-state index in [4.69, 9.17) is 19.9 Å². The molecule has 9 unspecified atom stereocenters. The summed E-state index contributed by atoms with van der Waals surface area (Å²) in [6.07, 6.45) is 14.3. The van der Waals surface area contributed by atoms with Gasteiger partial charge in [-0.3, -0.25) is 9.59 Å². The van der Waals surface area contributed by atoms with Gasteiger partial charge in [-0.15, -0.1) is 0 Å². The lowest BCUT2D eigenvalue weighted by Crippen LogP contribution is -2.63. The van der Waals surface area contributed by atoms with Gasteiger partial charge < -0.3 is 30.2 Å². The smallest absolute Gasteiger partial charge is 0.223 e. The third-order valence-corrected chi connectivity index (χ3v) is 14.7. The predicted molar refractivity (Wildman–Crippen MR) is 162 cm³/mol. The topological polar surface area (TPSA) is 103 Å². The lowest BCUT2D eigenvalue weighted by atomic mass is 9.54. The van der Waals surface area contributed by atoms with Gasteiger partial charge in [0, 0.05) is 25.6 Å². The molecule has 1 spiro atoms. The van der Waals surface area contributed by atoms with Crippen LogP contribution in [0.25, 0.3) is 0 Å². The lowest BCUT2D eigenvalue weighted by Gasteiger charge is -2.55. The summed E-state index contributed by atoms with van der Waals surface area (Å²) in [6.45, 7) is 6.64. The summed E-state index contributed by atoms with van der Waals surface area (Å²) in [5, 5.41) is 2.79. The van der Waals surface area contributed by atoms with E-state index in [0.29, 0.717) is 67.2 Å². The van der Waals surface area contributed by atoms with Gasteiger partial charge in [0.05, 0.1) is 37.9 Å². The van der Waals surface area contributed by atoms with Crippen molar-refractivity contribution in [3.8, 4) is 0 Å². The molecule has 43 heavy (non-hydrogen) atoms. The number of morpholine rings is 1. The molecule has 0 aromatic heterocycles. The Bertz CT molecular complexity index is 1130. The van der Waals surface area contributed by atoms with Crippen LogP contribution in [0.4, 0.5) is 0 Å². The van der Waals surface area contributed by atoms with Crippen molar-refractivity contribution < 1.29 is 23.8 Å². The summed E-state index contributed by atoms with van der Waals surface area (Å²) in [5.74, 6) is 5.20. The fourth-order valence-electron chi connectivity index (χ4n) is 12.5. The van der Waals surface area contributed by atoms with Crippen LogP contribution in [-0.2, 0) is 23.8 Å². The second-order valence-electron chi connectivity index (χ2n) is 16.6. The number of carbonyl (C=O) groups is 2. The second kappa shape index (κ2) is 10.4. The number of nitrogens with one attached hydrogen (secondary N) is 1. The van der Waals surface area contributed by atoms with Crippen molar-refractivity contribution in [1.82, 2.24) is 10.2 Å². The molecule has 0 bridgehead atoms. The first-order valence-electron chi connectivity index (χ1n) is 17.8. The van der Waals surface area contributed by atoms with Crippen LogP contribution in [0.2, 0.25) is 0 Å². The van der Waals surface area contributed by atoms with Crippen LogP contribution in [-0.4, -0.2) is 73.6 Å². The summed E-state index contributed by atoms with van der Waals surface area (Å²) < 4.78 is 19.5. The highest BCUT2D eigenvalue weighted by Crippen LogP contribution is 2.81. The molecule has 2 amide bonds. The number of nitrogens with zero attached hydrogens (tertiary/aromatic N) is 1. The number of fused-ring (bicyclic) bond motifs is 4. The molecule has 8 fully saturated rings. The predicted octanol–water partition coefficient (Wildman–Crippen LogP) is 4.25. The molecule has 8 nitrogen and oxygen atoms in total. The summed E-state index contributed by atoms with van der Waals surface area (Å²) in [6, 6.07) is 0. The van der Waals surface area contributed by atoms with Gasteiger partial charge in [-0.1, -0.05) is 6.92 Å². The highest BCUT2D eigenvalue weighted by molar-refractivity contribution is 5.77. The number of hydrogen-bond acceptors (Lipinski definition) is 6. The van der Waals surface area contributed by atoms with E-state index in [1.54, 1.807) is 7.05 Å². The monoisotopic (exact) mass is 597 g/mol. The summed E-state index contributed by atoms with van der Waals surface area (Å²) in [7, 11) is 1.73. The number of ether oxygens (including phenoxy) is 3. The molecule has 0 aromatic carbocycles. The van der Waals surface area contributed by atoms with E-state index in [1.165, 1.54) is 57.8 Å². The molecule has 6 saturated carbocycles. The largest absolute Gasteiger partial charge is 0.374 e. The Morgan fingerprint density at radius 2 is 1.81 bits per heavy atom. The van der Waals surface area contributed by atoms with E-state index in [0.717, 1.165) is 36.5 Å². The van der Waals surface area contributed by atoms with Crippen LogP contribution in [0.15, 0.2) is 0 Å². The standard InChI is InChI=1S/C35H55N3O5/c1-33-12-10-24-32-22(25(33)18-26-23(33)8-6-21(42-26)17-29(39)37-3)7-9-27-34(2,36)28(11-13-35(24,27)32)43-31-19-38(14-15-41-31)30(40)16-20-4-5-20/h20-28,31-32H,4-19,36H2,1-3H3,(H,37,39)/t21?,22?,23?,24-,25?,26?,27?,28-,31?,32+,33+,34?,35?/m0/s1. The van der Waals surface area contributed by atoms with Crippen LogP contribution in [0.5, 0.6) is 0 Å². The SMILES string of the molecule is CNC(=O)CC1CCC2C(CC3C4CCC5C(C)(N)[C@@H](OC6CN(C(=O)CC7CC7)CCO6)CCC56[C@H]4[C@@H]6CC[C@]23C)O1. The molecule has 0 aromatic rings. The third kappa shape index (κ3) is 4.58. The third-order valence-electron chi connectivity index (χ3n) is 14.7. The lowest BCUT2D eigenvalue weighted by molar-refractivity contribution is -0.229. The van der Waals surface area contributed by atoms with E-state index in [2.05, 4.69) is 19.2 Å². The van der Waals surface area contributed by atoms with Crippen LogP contribution < -0.4 is 11.1 Å². The highest BCUT2D eigenvalue weighted by Gasteiger charge is 2.78. The van der Waals surface area contributed by atoms with Crippen molar-refractivity contribution in [3.63, 3.8) is 0 Å². The van der Waals surface area contributed by atoms with Crippen molar-refractivity contribution in [3.05, 3.63) is 0 Å². The Hall–Kier alpha value is -1.22. The van der Waals surface area contributed by atoms with Gasteiger partial charge in [-0.2, -0.15) is 0 Å². The van der Waals surface area contributed by atoms with Gasteiger partial charge in [-0.05, 0) is 130 Å². The van der Waals surface area contributed by atoms with Crippen LogP contribution in [0.3, 0.4) is 0 Å². The maximum absolute atomic E-state index is 12.8. The first-order valence-corrected chi connectivity index (χ1v) is 17.8. The van der Waals surface area contributed by atoms with E-state index >= 15 is 0 Å². The minimum atomic E-state index is -0.387. The molecular weight excluding hydrogens is 542 g/mol. The number of hydrogen-bond donors (Lipinski definition) is 2. The Morgan fingerprint density at radius 1 is 0.977 bits per heavy atom. The van der Waals surface area contributed by atoms with Gasteiger partial charge in [-0.25, -0.2) is 0 Å². The average Bonchev–Trinajstić information content (AvgIpc) is 3.90. The van der Waals surface area contributed by atoms with E-state index < -0.39 is 0 Å². The highest BCUT2D eigenvalue weighted by atomic mass is 16.7. The van der Waals surface area contributed by atoms with E-state index in [9.17, 15) is 9.59 Å². The van der Waals surface area contributed by atoms with Crippen LogP contribution >= 0.6 is 0 Å². The molecule has 0 radical (unpaired) electrons. The molecule has 6 aliphatic carbocycles. The second-order valence-corrected chi connectivity index (χ2v) is 16.6. The molecule has 240 valence electrons. The maximum atomic E-state index is 12.8. The molecule has 2 heterocycles. The maximum Gasteiger partial charge on any atom is 0.223 e. The Labute approximate surface area is 257 Å². The average molecular weight is 598 g/mol. The molecule has 2 aliphatic heterocycles. The van der Waals surface area contributed by atoms with Crippen molar-refractivity contribution in [1.29, 1.82) is 0 Å². The number of nitrogens with two attached hydrogens (primary N) is 1. The first-order chi connectivity index (χ1) is 20.6. The molecule has 8 rings (SSSR count). The zero-order chi connectivity index (χ0) is 29.7. The number of carbonyl (C=O) groups excluding carboxylic acids is 2. The summed E-state index contributed by atoms with van der Waals surface area (Å²) in [5.41, 5.74) is 7.73. The van der Waals surface area contributed by atoms with Crippen molar-refractivity contribution in [2.45, 2.75) is 127 Å². The van der Waals surface area contributed by atoms with Crippen LogP contribution in [0.1, 0.15) is 97.3 Å². The molecule has 8 heteroatoms.